The number of carbonyl (C=O) groups is 2. The van der Waals surface area contributed by atoms with Crippen molar-refractivity contribution in [2.24, 2.45) is 0 Å². The molecule has 2 aromatic carbocycles. The lowest BCUT2D eigenvalue weighted by atomic mass is 9.94. The van der Waals surface area contributed by atoms with Crippen LogP contribution in [0.5, 0.6) is 5.88 Å². The van der Waals surface area contributed by atoms with Crippen molar-refractivity contribution >= 4 is 30.8 Å². The van der Waals surface area contributed by atoms with Crippen molar-refractivity contribution < 1.29 is 37.0 Å². The van der Waals surface area contributed by atoms with E-state index >= 15 is 0 Å². The number of nitrogens with one attached hydrogen (secondary N) is 1. The number of aromatic nitrogens is 1. The molecule has 0 saturated carbocycles. The van der Waals surface area contributed by atoms with Gasteiger partial charge >= 0.3 is 18.7 Å². The minimum Gasteiger partial charge on any atom is -0.455 e. The molecule has 44 heavy (non-hydrogen) atoms. The van der Waals surface area contributed by atoms with Crippen LogP contribution >= 0.6 is 0 Å². The molecule has 0 saturated heterocycles. The van der Waals surface area contributed by atoms with Gasteiger partial charge in [-0.3, -0.25) is 0 Å². The molecule has 236 valence electrons. The van der Waals surface area contributed by atoms with E-state index < -0.39 is 50.6 Å². The van der Waals surface area contributed by atoms with Crippen molar-refractivity contribution in [1.82, 2.24) is 10.3 Å². The molecule has 4 rings (SSSR count). The first-order chi connectivity index (χ1) is 20.7. The number of alkyl halides is 2. The average molecular weight is 627 g/mol. The summed E-state index contributed by atoms with van der Waals surface area (Å²) < 4.78 is 48.1. The Kier molecular flexibility index (Phi) is 10.1. The second kappa shape index (κ2) is 13.4. The number of alkyl carbamates (subject to hydrolysis) is 1. The molecule has 1 aliphatic heterocycles. The number of amides is 1. The summed E-state index contributed by atoms with van der Waals surface area (Å²) in [6, 6.07) is 22.4. The van der Waals surface area contributed by atoms with E-state index in [2.05, 4.69) is 60.1 Å². The van der Waals surface area contributed by atoms with Crippen LogP contribution in [-0.2, 0) is 13.9 Å². The lowest BCUT2D eigenvalue weighted by molar-refractivity contribution is -0.0533. The lowest BCUT2D eigenvalue weighted by Crippen LogP contribution is -2.66. The van der Waals surface area contributed by atoms with Crippen LogP contribution in [-0.4, -0.2) is 50.3 Å². The summed E-state index contributed by atoms with van der Waals surface area (Å²) in [6.07, 6.45) is -0.648. The Morgan fingerprint density at radius 2 is 1.55 bits per heavy atom. The van der Waals surface area contributed by atoms with Crippen LogP contribution < -0.4 is 20.4 Å². The standard InChI is InChI=1S/C33H40F2N2O6Si/c1-32(2,3)43-31(39)37-27-24-19-20-26(42-30(34)35)36-28(24)29(38)41-25(27)18-13-21-40-44(33(4,5)6,22-14-9-7-10-15-22)23-16-11-8-12-17-23/h7-12,14-17,19-20,25,27,30H,13,18,21H2,1-6H3,(H,37,39)/t25-,27-/m0/s1. The van der Waals surface area contributed by atoms with E-state index in [1.807, 2.05) is 36.4 Å². The molecule has 0 bridgehead atoms. The third-order valence-corrected chi connectivity index (χ3v) is 12.4. The monoisotopic (exact) mass is 626 g/mol. The maximum Gasteiger partial charge on any atom is 0.408 e. The smallest absolute Gasteiger partial charge is 0.408 e. The average Bonchev–Trinajstić information content (AvgIpc) is 2.94. The molecule has 1 aromatic heterocycles. The number of carbonyl (C=O) groups excluding carboxylic acids is 2. The predicted octanol–water partition coefficient (Wildman–Crippen LogP) is 6.14. The maximum absolute atomic E-state index is 13.0. The van der Waals surface area contributed by atoms with Crippen molar-refractivity contribution in [2.45, 2.75) is 83.8 Å². The van der Waals surface area contributed by atoms with Crippen LogP contribution in [0.15, 0.2) is 72.8 Å². The number of hydrogen-bond acceptors (Lipinski definition) is 7. The van der Waals surface area contributed by atoms with Crippen LogP contribution in [0.25, 0.3) is 0 Å². The third kappa shape index (κ3) is 7.62. The summed E-state index contributed by atoms with van der Waals surface area (Å²) in [4.78, 5) is 29.8. The van der Waals surface area contributed by atoms with Gasteiger partial charge in [-0.25, -0.2) is 14.6 Å². The van der Waals surface area contributed by atoms with Gasteiger partial charge in [0.05, 0.1) is 6.04 Å². The van der Waals surface area contributed by atoms with Crippen LogP contribution in [0.4, 0.5) is 13.6 Å². The zero-order chi connectivity index (χ0) is 32.1. The fourth-order valence-electron chi connectivity index (χ4n) is 5.59. The number of cyclic esters (lactones) is 1. The second-order valence-corrected chi connectivity index (χ2v) is 17.0. The zero-order valence-electron chi connectivity index (χ0n) is 25.9. The van der Waals surface area contributed by atoms with Gasteiger partial charge in [0.25, 0.3) is 8.32 Å². The van der Waals surface area contributed by atoms with Crippen LogP contribution in [0.3, 0.4) is 0 Å². The lowest BCUT2D eigenvalue weighted by Gasteiger charge is -2.43. The molecule has 0 unspecified atom stereocenters. The number of pyridine rings is 1. The van der Waals surface area contributed by atoms with Gasteiger partial charge in [0.15, 0.2) is 5.69 Å². The van der Waals surface area contributed by atoms with Gasteiger partial charge in [0, 0.05) is 18.2 Å². The number of nitrogens with zero attached hydrogens (tertiary/aromatic N) is 1. The number of halogens is 2. The highest BCUT2D eigenvalue weighted by molar-refractivity contribution is 6.99. The SMILES string of the molecule is CC(C)(C)OC(=O)N[C@H]1c2ccc(OC(F)F)nc2C(=O)O[C@H]1CCCO[Si](c1ccccc1)(c1ccccc1)C(C)(C)C. The summed E-state index contributed by atoms with van der Waals surface area (Å²) in [5.74, 6) is -1.22. The van der Waals surface area contributed by atoms with E-state index in [0.29, 0.717) is 25.0 Å². The first kappa shape index (κ1) is 33.1. The molecule has 3 aromatic rings. The van der Waals surface area contributed by atoms with E-state index in [-0.39, 0.29) is 10.7 Å². The molecule has 0 spiro atoms. The summed E-state index contributed by atoms with van der Waals surface area (Å²) in [7, 11) is -2.78. The van der Waals surface area contributed by atoms with Gasteiger partial charge in [-0.2, -0.15) is 8.78 Å². The Morgan fingerprint density at radius 3 is 2.07 bits per heavy atom. The third-order valence-electron chi connectivity index (χ3n) is 7.31. The summed E-state index contributed by atoms with van der Waals surface area (Å²) in [5.41, 5.74) is -0.652. The molecule has 11 heteroatoms. The first-order valence-electron chi connectivity index (χ1n) is 14.6. The Balaban J connectivity index is 1.59. The van der Waals surface area contributed by atoms with E-state index in [9.17, 15) is 18.4 Å². The largest absolute Gasteiger partial charge is 0.455 e. The zero-order valence-corrected chi connectivity index (χ0v) is 26.9. The summed E-state index contributed by atoms with van der Waals surface area (Å²) in [6.45, 7) is 9.03. The number of benzene rings is 2. The van der Waals surface area contributed by atoms with E-state index in [1.165, 1.54) is 12.1 Å². The van der Waals surface area contributed by atoms with Gasteiger partial charge in [0.1, 0.15) is 11.7 Å². The number of ether oxygens (including phenoxy) is 3. The Bertz CT molecular complexity index is 1390. The number of hydrogen-bond donors (Lipinski definition) is 1. The quantitative estimate of drug-likeness (QED) is 0.164. The molecule has 0 aliphatic carbocycles. The van der Waals surface area contributed by atoms with E-state index in [4.69, 9.17) is 13.9 Å². The Hall–Kier alpha value is -3.83. The fourth-order valence-corrected chi connectivity index (χ4v) is 10.2. The highest BCUT2D eigenvalue weighted by Crippen LogP contribution is 2.37. The fraction of sp³-hybridized carbons (Fsp3) is 0.424. The molecule has 1 amide bonds. The summed E-state index contributed by atoms with van der Waals surface area (Å²) >= 11 is 0. The number of esters is 1. The molecule has 0 radical (unpaired) electrons. The molecular formula is C33H40F2N2O6Si. The van der Waals surface area contributed by atoms with Crippen molar-refractivity contribution in [3.05, 3.63) is 84.1 Å². The topological polar surface area (TPSA) is 96.0 Å². The number of fused-ring (bicyclic) bond motifs is 1. The van der Waals surface area contributed by atoms with Gasteiger partial charge in [0.2, 0.25) is 5.88 Å². The van der Waals surface area contributed by atoms with Crippen LogP contribution in [0, 0.1) is 0 Å². The summed E-state index contributed by atoms with van der Waals surface area (Å²) in [5, 5.41) is 4.88. The van der Waals surface area contributed by atoms with Crippen molar-refractivity contribution in [1.29, 1.82) is 0 Å². The molecule has 2 heterocycles. The Morgan fingerprint density at radius 1 is 0.955 bits per heavy atom. The second-order valence-electron chi connectivity index (χ2n) is 12.7. The highest BCUT2D eigenvalue weighted by atomic mass is 28.4. The minimum atomic E-state index is -3.11. The molecule has 1 aliphatic rings. The normalized spacial score (nSPS) is 17.1. The molecule has 8 nitrogen and oxygen atoms in total. The molecule has 1 N–H and O–H groups in total. The minimum absolute atomic E-state index is 0.205. The maximum atomic E-state index is 13.0. The van der Waals surface area contributed by atoms with Gasteiger partial charge in [-0.05, 0) is 55.1 Å². The molecule has 0 fully saturated rings. The van der Waals surface area contributed by atoms with Gasteiger partial charge < -0.3 is 24.0 Å². The van der Waals surface area contributed by atoms with Crippen LogP contribution in [0.2, 0.25) is 5.04 Å². The highest BCUT2D eigenvalue weighted by Gasteiger charge is 2.50. The van der Waals surface area contributed by atoms with E-state index in [1.54, 1.807) is 20.8 Å². The Labute approximate surface area is 258 Å². The van der Waals surface area contributed by atoms with Crippen molar-refractivity contribution in [3.8, 4) is 5.88 Å². The van der Waals surface area contributed by atoms with Gasteiger partial charge in [-0.15, -0.1) is 0 Å². The number of rotatable bonds is 10. The predicted molar refractivity (Wildman–Crippen MR) is 165 cm³/mol. The van der Waals surface area contributed by atoms with Crippen molar-refractivity contribution in [3.63, 3.8) is 0 Å². The van der Waals surface area contributed by atoms with Crippen LogP contribution in [0.1, 0.15) is 76.5 Å². The van der Waals surface area contributed by atoms with E-state index in [0.717, 1.165) is 10.4 Å². The van der Waals surface area contributed by atoms with Crippen molar-refractivity contribution in [2.75, 3.05) is 6.61 Å². The van der Waals surface area contributed by atoms with Gasteiger partial charge in [-0.1, -0.05) is 81.4 Å². The molecule has 2 atom stereocenters. The molecular weight excluding hydrogens is 586 g/mol. The first-order valence-corrected chi connectivity index (χ1v) is 16.5.